The summed E-state index contributed by atoms with van der Waals surface area (Å²) < 4.78 is 14.4. The number of nitrogens with zero attached hydrogens (tertiary/aromatic N) is 3. The molecule has 1 aliphatic carbocycles. The highest BCUT2D eigenvalue weighted by molar-refractivity contribution is 5.98. The van der Waals surface area contributed by atoms with Crippen molar-refractivity contribution in [3.05, 3.63) is 36.2 Å². The van der Waals surface area contributed by atoms with Crippen molar-refractivity contribution in [2.24, 2.45) is 11.5 Å². The number of carbonyl (C=O) groups excluding carboxylic acids is 1. The predicted octanol–water partition coefficient (Wildman–Crippen LogP) is 1.53. The molecule has 9 heteroatoms. The van der Waals surface area contributed by atoms with E-state index in [0.29, 0.717) is 5.69 Å². The Morgan fingerprint density at radius 3 is 2.60 bits per heavy atom. The summed E-state index contributed by atoms with van der Waals surface area (Å²) in [7, 11) is 0. The Balaban J connectivity index is 1.91. The molecule has 0 spiro atoms. The van der Waals surface area contributed by atoms with Crippen LogP contribution in [-0.2, 0) is 0 Å². The van der Waals surface area contributed by atoms with Crippen LogP contribution in [0.15, 0.2) is 24.8 Å². The van der Waals surface area contributed by atoms with Gasteiger partial charge in [-0.05, 0) is 18.9 Å². The molecule has 1 saturated carbocycles. The molecular weight excluding hydrogens is 325 g/mol. The van der Waals surface area contributed by atoms with Crippen LogP contribution in [0.4, 0.5) is 21.7 Å². The van der Waals surface area contributed by atoms with Gasteiger partial charge in [0, 0.05) is 12.1 Å². The standard InChI is InChI=1S/C16H20FN7O/c17-11-5-10(14(19)25)15(22-9-6-20-8-21-7-9)24-16(11)23-13-4-2-1-3-12(13)18/h5-8,12-13H,1-4,18H2,(H2,19,25)(H2,22,23,24). The van der Waals surface area contributed by atoms with Crippen molar-refractivity contribution in [3.63, 3.8) is 0 Å². The Morgan fingerprint density at radius 1 is 1.20 bits per heavy atom. The lowest BCUT2D eigenvalue weighted by molar-refractivity contribution is 0.100. The van der Waals surface area contributed by atoms with Crippen LogP contribution in [0, 0.1) is 5.82 Å². The van der Waals surface area contributed by atoms with E-state index in [1.807, 2.05) is 0 Å². The van der Waals surface area contributed by atoms with Crippen LogP contribution in [0.2, 0.25) is 0 Å². The summed E-state index contributed by atoms with van der Waals surface area (Å²) in [6.45, 7) is 0. The number of aromatic nitrogens is 3. The van der Waals surface area contributed by atoms with Gasteiger partial charge in [-0.15, -0.1) is 0 Å². The molecule has 8 nitrogen and oxygen atoms in total. The molecule has 2 atom stereocenters. The number of carbonyl (C=O) groups is 1. The molecule has 2 unspecified atom stereocenters. The molecule has 132 valence electrons. The molecular formula is C16H20FN7O. The van der Waals surface area contributed by atoms with Crippen molar-refractivity contribution in [1.29, 1.82) is 0 Å². The van der Waals surface area contributed by atoms with Gasteiger partial charge in [0.2, 0.25) is 0 Å². The molecule has 2 aromatic rings. The molecule has 1 aliphatic rings. The molecule has 2 heterocycles. The quantitative estimate of drug-likeness (QED) is 0.646. The van der Waals surface area contributed by atoms with Gasteiger partial charge < -0.3 is 22.1 Å². The smallest absolute Gasteiger partial charge is 0.252 e. The van der Waals surface area contributed by atoms with Gasteiger partial charge in [0.05, 0.1) is 23.6 Å². The average molecular weight is 345 g/mol. The minimum Gasteiger partial charge on any atom is -0.365 e. The first-order chi connectivity index (χ1) is 12.0. The van der Waals surface area contributed by atoms with Crippen molar-refractivity contribution in [2.45, 2.75) is 37.8 Å². The molecule has 0 saturated heterocycles. The molecule has 0 aliphatic heterocycles. The lowest BCUT2D eigenvalue weighted by Gasteiger charge is -2.30. The minimum atomic E-state index is -0.785. The van der Waals surface area contributed by atoms with E-state index in [-0.39, 0.29) is 29.3 Å². The number of nitrogens with two attached hydrogens (primary N) is 2. The molecule has 6 N–H and O–H groups in total. The average Bonchev–Trinajstić information content (AvgIpc) is 2.60. The number of hydrogen-bond donors (Lipinski definition) is 4. The molecule has 0 radical (unpaired) electrons. The minimum absolute atomic E-state index is 0.0340. The van der Waals surface area contributed by atoms with Crippen molar-refractivity contribution in [2.75, 3.05) is 10.6 Å². The number of nitrogens with one attached hydrogen (secondary N) is 2. The third-order valence-corrected chi connectivity index (χ3v) is 4.21. The topological polar surface area (TPSA) is 132 Å². The van der Waals surface area contributed by atoms with Gasteiger partial charge in [0.25, 0.3) is 5.91 Å². The Bertz CT molecular complexity index is 756. The fourth-order valence-corrected chi connectivity index (χ4v) is 2.89. The van der Waals surface area contributed by atoms with Crippen molar-refractivity contribution in [3.8, 4) is 0 Å². The normalized spacial score (nSPS) is 20.1. The SMILES string of the molecule is NC(=O)c1cc(F)c(NC2CCCCC2N)nc1Nc1cncnc1. The third-order valence-electron chi connectivity index (χ3n) is 4.21. The van der Waals surface area contributed by atoms with Crippen molar-refractivity contribution >= 4 is 23.2 Å². The lowest BCUT2D eigenvalue weighted by Crippen LogP contribution is -2.43. The third kappa shape index (κ3) is 4.00. The highest BCUT2D eigenvalue weighted by atomic mass is 19.1. The molecule has 2 aromatic heterocycles. The monoisotopic (exact) mass is 345 g/mol. The van der Waals surface area contributed by atoms with E-state index >= 15 is 0 Å². The second-order valence-corrected chi connectivity index (χ2v) is 6.03. The first-order valence-corrected chi connectivity index (χ1v) is 8.09. The van der Waals surface area contributed by atoms with Crippen LogP contribution in [-0.4, -0.2) is 32.9 Å². The van der Waals surface area contributed by atoms with Gasteiger partial charge in [-0.3, -0.25) is 4.79 Å². The van der Waals surface area contributed by atoms with Crippen molar-refractivity contribution in [1.82, 2.24) is 15.0 Å². The zero-order valence-corrected chi connectivity index (χ0v) is 13.6. The van der Waals surface area contributed by atoms with E-state index in [2.05, 4.69) is 25.6 Å². The number of rotatable bonds is 5. The van der Waals surface area contributed by atoms with Gasteiger partial charge in [-0.25, -0.2) is 19.3 Å². The number of primary amides is 1. The zero-order chi connectivity index (χ0) is 17.8. The van der Waals surface area contributed by atoms with E-state index in [4.69, 9.17) is 11.5 Å². The highest BCUT2D eigenvalue weighted by Crippen LogP contribution is 2.26. The fourth-order valence-electron chi connectivity index (χ4n) is 2.89. The second kappa shape index (κ2) is 7.39. The lowest BCUT2D eigenvalue weighted by atomic mass is 9.91. The molecule has 0 aromatic carbocycles. The van der Waals surface area contributed by atoms with Gasteiger partial charge in [0.1, 0.15) is 12.1 Å². The maximum Gasteiger partial charge on any atom is 0.252 e. The number of amides is 1. The van der Waals surface area contributed by atoms with E-state index in [1.54, 1.807) is 0 Å². The van der Waals surface area contributed by atoms with Gasteiger partial charge in [-0.1, -0.05) is 12.8 Å². The van der Waals surface area contributed by atoms with Gasteiger partial charge in [0.15, 0.2) is 11.6 Å². The van der Waals surface area contributed by atoms with Crippen LogP contribution in [0.1, 0.15) is 36.0 Å². The summed E-state index contributed by atoms with van der Waals surface area (Å²) in [5.41, 5.74) is 11.9. The second-order valence-electron chi connectivity index (χ2n) is 6.03. The first-order valence-electron chi connectivity index (χ1n) is 8.09. The summed E-state index contributed by atoms with van der Waals surface area (Å²) in [5.74, 6) is -1.27. The number of pyridine rings is 1. The Labute approximate surface area is 144 Å². The van der Waals surface area contributed by atoms with Crippen LogP contribution in [0.5, 0.6) is 0 Å². The van der Waals surface area contributed by atoms with Crippen molar-refractivity contribution < 1.29 is 9.18 Å². The Kier molecular flexibility index (Phi) is 5.03. The molecule has 1 fully saturated rings. The van der Waals surface area contributed by atoms with Crippen LogP contribution in [0.3, 0.4) is 0 Å². The molecule has 3 rings (SSSR count). The van der Waals surface area contributed by atoms with Gasteiger partial charge in [-0.2, -0.15) is 0 Å². The summed E-state index contributed by atoms with van der Waals surface area (Å²) in [5, 5.41) is 5.95. The van der Waals surface area contributed by atoms with E-state index in [9.17, 15) is 9.18 Å². The molecule has 25 heavy (non-hydrogen) atoms. The molecule has 0 bridgehead atoms. The van der Waals surface area contributed by atoms with Gasteiger partial charge >= 0.3 is 0 Å². The largest absolute Gasteiger partial charge is 0.365 e. The first kappa shape index (κ1) is 17.0. The number of halogens is 1. The number of hydrogen-bond acceptors (Lipinski definition) is 7. The highest BCUT2D eigenvalue weighted by Gasteiger charge is 2.24. The van der Waals surface area contributed by atoms with E-state index < -0.39 is 11.7 Å². The van der Waals surface area contributed by atoms with E-state index in [1.165, 1.54) is 18.7 Å². The maximum atomic E-state index is 14.4. The van der Waals surface area contributed by atoms with E-state index in [0.717, 1.165) is 31.7 Å². The van der Waals surface area contributed by atoms with Crippen LogP contribution >= 0.6 is 0 Å². The van der Waals surface area contributed by atoms with Crippen LogP contribution in [0.25, 0.3) is 0 Å². The summed E-state index contributed by atoms with van der Waals surface area (Å²) in [6.07, 6.45) is 8.20. The predicted molar refractivity (Wildman–Crippen MR) is 91.9 cm³/mol. The molecule has 1 amide bonds. The zero-order valence-electron chi connectivity index (χ0n) is 13.6. The number of anilines is 3. The Hall–Kier alpha value is -2.81. The maximum absolute atomic E-state index is 14.4. The Morgan fingerprint density at radius 2 is 1.92 bits per heavy atom. The fraction of sp³-hybridized carbons (Fsp3) is 0.375. The summed E-state index contributed by atoms with van der Waals surface area (Å²) in [6, 6.07) is 0.936. The van der Waals surface area contributed by atoms with Crippen LogP contribution < -0.4 is 22.1 Å². The summed E-state index contributed by atoms with van der Waals surface area (Å²) >= 11 is 0. The summed E-state index contributed by atoms with van der Waals surface area (Å²) in [4.78, 5) is 23.6.